The summed E-state index contributed by atoms with van der Waals surface area (Å²) in [6.45, 7) is 6.57. The van der Waals surface area contributed by atoms with Gasteiger partial charge in [-0.25, -0.2) is 0 Å². The third-order valence-electron chi connectivity index (χ3n) is 3.00. The highest BCUT2D eigenvalue weighted by molar-refractivity contribution is 7.98. The van der Waals surface area contributed by atoms with Crippen LogP contribution >= 0.6 is 23.1 Å². The summed E-state index contributed by atoms with van der Waals surface area (Å²) in [6.07, 6.45) is 2.82. The van der Waals surface area contributed by atoms with Gasteiger partial charge in [-0.2, -0.15) is 11.8 Å². The quantitative estimate of drug-likeness (QED) is 0.748. The molecule has 0 saturated heterocycles. The second-order valence-corrected chi connectivity index (χ2v) is 8.09. The first-order valence-electron chi connectivity index (χ1n) is 6.18. The molecule has 0 unspecified atom stereocenters. The predicted molar refractivity (Wildman–Crippen MR) is 77.2 cm³/mol. The number of aryl methyl sites for hydroxylation is 1. The Kier molecular flexibility index (Phi) is 3.99. The van der Waals surface area contributed by atoms with E-state index in [9.17, 15) is 4.79 Å². The molecule has 1 aromatic heterocycles. The van der Waals surface area contributed by atoms with E-state index in [1.54, 1.807) is 11.3 Å². The Balaban J connectivity index is 2.02. The van der Waals surface area contributed by atoms with Gasteiger partial charge in [0.15, 0.2) is 5.78 Å². The molecule has 0 amide bonds. The van der Waals surface area contributed by atoms with E-state index in [4.69, 9.17) is 0 Å². The van der Waals surface area contributed by atoms with Crippen LogP contribution in [0, 0.1) is 5.41 Å². The molecule has 0 aromatic carbocycles. The Morgan fingerprint density at radius 1 is 1.41 bits per heavy atom. The fourth-order valence-corrected chi connectivity index (χ4v) is 4.24. The molecular formula is C14H20OS2. The van der Waals surface area contributed by atoms with E-state index in [2.05, 4.69) is 26.8 Å². The first-order chi connectivity index (χ1) is 7.96. The molecule has 0 fully saturated rings. The number of thioether (sulfide) groups is 1. The topological polar surface area (TPSA) is 17.1 Å². The molecule has 2 rings (SSSR count). The largest absolute Gasteiger partial charge is 0.293 e. The number of hydrogen-bond acceptors (Lipinski definition) is 3. The third-order valence-corrected chi connectivity index (χ3v) is 5.29. The Morgan fingerprint density at radius 2 is 2.18 bits per heavy atom. The van der Waals surface area contributed by atoms with E-state index >= 15 is 0 Å². The molecule has 17 heavy (non-hydrogen) atoms. The van der Waals surface area contributed by atoms with E-state index in [0.29, 0.717) is 12.2 Å². The van der Waals surface area contributed by atoms with Crippen molar-refractivity contribution in [2.75, 3.05) is 5.75 Å². The predicted octanol–water partition coefficient (Wildman–Crippen LogP) is 4.55. The van der Waals surface area contributed by atoms with Crippen molar-refractivity contribution in [2.45, 2.75) is 45.8 Å². The van der Waals surface area contributed by atoms with Crippen LogP contribution in [0.15, 0.2) is 6.07 Å². The summed E-state index contributed by atoms with van der Waals surface area (Å²) in [4.78, 5) is 14.5. The van der Waals surface area contributed by atoms with Crippen LogP contribution in [0.5, 0.6) is 0 Å². The highest BCUT2D eigenvalue weighted by Crippen LogP contribution is 2.33. The standard InChI is InChI=1S/C14H20OS2/c1-14(2,3)6-4-11(15)13-8-10-9-16-7-5-12(10)17-13/h8H,4-7,9H2,1-3H3. The van der Waals surface area contributed by atoms with E-state index in [1.165, 1.54) is 16.2 Å². The van der Waals surface area contributed by atoms with Crippen molar-refractivity contribution in [1.29, 1.82) is 0 Å². The summed E-state index contributed by atoms with van der Waals surface area (Å²) in [5, 5.41) is 0. The Hall–Kier alpha value is -0.280. The molecule has 0 saturated carbocycles. The van der Waals surface area contributed by atoms with Gasteiger partial charge in [0.05, 0.1) is 4.88 Å². The average Bonchev–Trinajstić information content (AvgIpc) is 2.68. The zero-order chi connectivity index (χ0) is 12.5. The molecule has 3 heteroatoms. The number of Topliss-reactive ketones (excluding diaryl/α,β-unsaturated/α-hetero) is 1. The van der Waals surface area contributed by atoms with Gasteiger partial charge in [-0.3, -0.25) is 4.79 Å². The molecule has 0 bridgehead atoms. The van der Waals surface area contributed by atoms with E-state index in [1.807, 2.05) is 11.8 Å². The van der Waals surface area contributed by atoms with Crippen LogP contribution in [0.4, 0.5) is 0 Å². The molecule has 94 valence electrons. The molecule has 1 nitrogen and oxygen atoms in total. The molecule has 0 spiro atoms. The van der Waals surface area contributed by atoms with Crippen LogP contribution in [0.25, 0.3) is 0 Å². The van der Waals surface area contributed by atoms with Crippen molar-refractivity contribution in [2.24, 2.45) is 5.41 Å². The first kappa shape index (κ1) is 13.2. The highest BCUT2D eigenvalue weighted by Gasteiger charge is 2.19. The van der Waals surface area contributed by atoms with Gasteiger partial charge in [-0.05, 0) is 35.6 Å². The number of hydrogen-bond donors (Lipinski definition) is 0. The molecule has 0 radical (unpaired) electrons. The van der Waals surface area contributed by atoms with E-state index in [-0.39, 0.29) is 5.41 Å². The lowest BCUT2D eigenvalue weighted by Gasteiger charge is -2.16. The molecule has 0 aliphatic carbocycles. The van der Waals surface area contributed by atoms with Crippen molar-refractivity contribution < 1.29 is 4.79 Å². The van der Waals surface area contributed by atoms with Crippen molar-refractivity contribution in [3.05, 3.63) is 21.4 Å². The van der Waals surface area contributed by atoms with Crippen LogP contribution in [-0.4, -0.2) is 11.5 Å². The van der Waals surface area contributed by atoms with Crippen LogP contribution in [-0.2, 0) is 12.2 Å². The number of thiophene rings is 1. The molecule has 0 N–H and O–H groups in total. The highest BCUT2D eigenvalue weighted by atomic mass is 32.2. The van der Waals surface area contributed by atoms with Crippen molar-refractivity contribution in [3.8, 4) is 0 Å². The van der Waals surface area contributed by atoms with Gasteiger partial charge in [-0.1, -0.05) is 20.8 Å². The van der Waals surface area contributed by atoms with Crippen LogP contribution in [0.1, 0.15) is 53.7 Å². The Bertz CT molecular complexity index is 389. The number of ketones is 1. The molecule has 0 atom stereocenters. The summed E-state index contributed by atoms with van der Waals surface area (Å²) in [7, 11) is 0. The number of fused-ring (bicyclic) bond motifs is 1. The first-order valence-corrected chi connectivity index (χ1v) is 8.15. The number of rotatable bonds is 3. The van der Waals surface area contributed by atoms with Gasteiger partial charge < -0.3 is 0 Å². The zero-order valence-corrected chi connectivity index (χ0v) is 12.5. The van der Waals surface area contributed by atoms with Gasteiger partial charge in [0, 0.05) is 17.1 Å². The van der Waals surface area contributed by atoms with E-state index < -0.39 is 0 Å². The van der Waals surface area contributed by atoms with Gasteiger partial charge >= 0.3 is 0 Å². The fourth-order valence-electron chi connectivity index (χ4n) is 1.90. The lowest BCUT2D eigenvalue weighted by Crippen LogP contribution is -2.08. The normalized spacial score (nSPS) is 15.7. The minimum absolute atomic E-state index is 0.252. The van der Waals surface area contributed by atoms with Gasteiger partial charge in [-0.15, -0.1) is 11.3 Å². The second-order valence-electron chi connectivity index (χ2n) is 5.85. The summed E-state index contributed by atoms with van der Waals surface area (Å²) >= 11 is 3.71. The number of carbonyl (C=O) groups is 1. The lowest BCUT2D eigenvalue weighted by atomic mass is 9.89. The molecule has 1 aromatic rings. The Morgan fingerprint density at radius 3 is 2.82 bits per heavy atom. The smallest absolute Gasteiger partial charge is 0.172 e. The van der Waals surface area contributed by atoms with Gasteiger partial charge in [0.2, 0.25) is 0 Å². The Labute approximate surface area is 112 Å². The maximum Gasteiger partial charge on any atom is 0.172 e. The van der Waals surface area contributed by atoms with Crippen molar-refractivity contribution in [3.63, 3.8) is 0 Å². The minimum Gasteiger partial charge on any atom is -0.293 e. The second kappa shape index (κ2) is 5.15. The summed E-state index contributed by atoms with van der Waals surface area (Å²) < 4.78 is 0. The lowest BCUT2D eigenvalue weighted by molar-refractivity contribution is 0.0970. The summed E-state index contributed by atoms with van der Waals surface area (Å²) in [6, 6.07) is 2.14. The molecule has 1 aliphatic rings. The minimum atomic E-state index is 0.252. The summed E-state index contributed by atoms with van der Waals surface area (Å²) in [5.41, 5.74) is 1.66. The van der Waals surface area contributed by atoms with Gasteiger partial charge in [0.25, 0.3) is 0 Å². The van der Waals surface area contributed by atoms with Crippen LogP contribution < -0.4 is 0 Å². The molecular weight excluding hydrogens is 248 g/mol. The number of carbonyl (C=O) groups excluding carboxylic acids is 1. The fraction of sp³-hybridized carbons (Fsp3) is 0.643. The monoisotopic (exact) mass is 268 g/mol. The summed E-state index contributed by atoms with van der Waals surface area (Å²) in [5.74, 6) is 2.64. The molecule has 2 heterocycles. The maximum atomic E-state index is 12.1. The molecule has 1 aliphatic heterocycles. The maximum absolute atomic E-state index is 12.1. The van der Waals surface area contributed by atoms with Crippen molar-refractivity contribution in [1.82, 2.24) is 0 Å². The average molecular weight is 268 g/mol. The van der Waals surface area contributed by atoms with Crippen LogP contribution in [0.3, 0.4) is 0 Å². The van der Waals surface area contributed by atoms with Gasteiger partial charge in [0.1, 0.15) is 0 Å². The SMILES string of the molecule is CC(C)(C)CCC(=O)c1cc2c(s1)CCSC2. The van der Waals surface area contributed by atoms with Crippen molar-refractivity contribution >= 4 is 28.9 Å². The van der Waals surface area contributed by atoms with E-state index in [0.717, 1.165) is 23.5 Å². The van der Waals surface area contributed by atoms with Crippen LogP contribution in [0.2, 0.25) is 0 Å². The third kappa shape index (κ3) is 3.59. The zero-order valence-electron chi connectivity index (χ0n) is 10.8.